The van der Waals surface area contributed by atoms with Crippen LogP contribution in [0, 0.1) is 19.8 Å². The topological polar surface area (TPSA) is 93.0 Å². The van der Waals surface area contributed by atoms with Crippen molar-refractivity contribution in [3.05, 3.63) is 22.7 Å². The molecule has 1 aliphatic heterocycles. The average molecular weight is 376 g/mol. The molecule has 1 fully saturated rings. The molecule has 1 atom stereocenters. The summed E-state index contributed by atoms with van der Waals surface area (Å²) in [5.41, 5.74) is 2.09. The van der Waals surface area contributed by atoms with Crippen LogP contribution in [0.1, 0.15) is 36.2 Å². The Morgan fingerprint density at radius 1 is 1.38 bits per heavy atom. The van der Waals surface area contributed by atoms with Crippen LogP contribution < -0.4 is 10.2 Å². The van der Waals surface area contributed by atoms with Crippen LogP contribution in [0.25, 0.3) is 0 Å². The maximum Gasteiger partial charge on any atom is 0.229 e. The van der Waals surface area contributed by atoms with Crippen LogP contribution in [0.15, 0.2) is 6.33 Å². The molecule has 3 heterocycles. The summed E-state index contributed by atoms with van der Waals surface area (Å²) in [6.45, 7) is 7.60. The van der Waals surface area contributed by atoms with Crippen molar-refractivity contribution < 1.29 is 9.59 Å². The fourth-order valence-electron chi connectivity index (χ4n) is 2.95. The van der Waals surface area contributed by atoms with Gasteiger partial charge in [0.2, 0.25) is 16.9 Å². The third-order valence-corrected chi connectivity index (χ3v) is 5.65. The molecule has 1 aliphatic rings. The molecule has 2 aromatic heterocycles. The number of hydrogen-bond acceptors (Lipinski definition) is 6. The number of aromatic nitrogens is 4. The van der Waals surface area contributed by atoms with Crippen molar-refractivity contribution in [3.63, 3.8) is 0 Å². The molecule has 0 radical (unpaired) electrons. The number of nitrogens with zero attached hydrogens (tertiary/aromatic N) is 5. The van der Waals surface area contributed by atoms with E-state index in [4.69, 9.17) is 0 Å². The van der Waals surface area contributed by atoms with Crippen LogP contribution >= 0.6 is 11.3 Å². The number of amides is 2. The largest absolute Gasteiger partial charge is 0.354 e. The van der Waals surface area contributed by atoms with Crippen molar-refractivity contribution in [1.29, 1.82) is 0 Å². The predicted molar refractivity (Wildman–Crippen MR) is 99.1 cm³/mol. The van der Waals surface area contributed by atoms with E-state index < -0.39 is 0 Å². The van der Waals surface area contributed by atoms with E-state index in [1.54, 1.807) is 11.2 Å². The lowest BCUT2D eigenvalue weighted by Crippen LogP contribution is -2.34. The summed E-state index contributed by atoms with van der Waals surface area (Å²) in [4.78, 5) is 30.5. The van der Waals surface area contributed by atoms with E-state index in [1.807, 2.05) is 18.4 Å². The second kappa shape index (κ2) is 7.94. The minimum Gasteiger partial charge on any atom is -0.354 e. The Kier molecular flexibility index (Phi) is 5.65. The number of carbonyl (C=O) groups is 2. The van der Waals surface area contributed by atoms with Crippen LogP contribution in [0.5, 0.6) is 0 Å². The molecule has 8 nitrogen and oxygen atoms in total. The smallest absolute Gasteiger partial charge is 0.229 e. The maximum absolute atomic E-state index is 12.4. The zero-order valence-corrected chi connectivity index (χ0v) is 16.2. The molecule has 0 aliphatic carbocycles. The Labute approximate surface area is 156 Å². The summed E-state index contributed by atoms with van der Waals surface area (Å²) < 4.78 is 2.01. The quantitative estimate of drug-likeness (QED) is 0.790. The molecular weight excluding hydrogens is 352 g/mol. The first-order valence-corrected chi connectivity index (χ1v) is 9.70. The molecule has 3 rings (SSSR count). The van der Waals surface area contributed by atoms with Gasteiger partial charge in [-0.2, -0.15) is 0 Å². The van der Waals surface area contributed by atoms with E-state index in [9.17, 15) is 9.59 Å². The highest BCUT2D eigenvalue weighted by Gasteiger charge is 2.36. The number of aryl methyl sites for hydroxylation is 2. The normalized spacial score (nSPS) is 17.1. The van der Waals surface area contributed by atoms with Crippen molar-refractivity contribution in [1.82, 2.24) is 25.1 Å². The lowest BCUT2D eigenvalue weighted by atomic mass is 10.1. The molecule has 1 saturated heterocycles. The van der Waals surface area contributed by atoms with Gasteiger partial charge in [-0.05, 0) is 20.3 Å². The Hall–Kier alpha value is -2.29. The van der Waals surface area contributed by atoms with Gasteiger partial charge in [-0.3, -0.25) is 14.5 Å². The molecule has 2 aromatic rings. The van der Waals surface area contributed by atoms with Gasteiger partial charge in [0.05, 0.1) is 17.9 Å². The fraction of sp³-hybridized carbons (Fsp3) is 0.588. The third kappa shape index (κ3) is 3.92. The second-order valence-electron chi connectivity index (χ2n) is 6.53. The number of anilines is 1. The summed E-state index contributed by atoms with van der Waals surface area (Å²) in [6.07, 6.45) is 3.85. The molecular formula is C17H24N6O2S. The van der Waals surface area contributed by atoms with E-state index >= 15 is 0 Å². The minimum atomic E-state index is -0.341. The number of hydrogen-bond donors (Lipinski definition) is 1. The minimum absolute atomic E-state index is 0.0644. The van der Waals surface area contributed by atoms with Gasteiger partial charge in [0.25, 0.3) is 0 Å². The van der Waals surface area contributed by atoms with E-state index in [2.05, 4.69) is 27.4 Å². The van der Waals surface area contributed by atoms with Gasteiger partial charge in [-0.1, -0.05) is 18.3 Å². The van der Waals surface area contributed by atoms with Crippen LogP contribution in [0.3, 0.4) is 0 Å². The Balaban J connectivity index is 1.52. The zero-order chi connectivity index (χ0) is 18.7. The maximum atomic E-state index is 12.4. The number of nitrogens with one attached hydrogen (secondary N) is 1. The van der Waals surface area contributed by atoms with Crippen LogP contribution in [-0.2, 0) is 22.6 Å². The van der Waals surface area contributed by atoms with Gasteiger partial charge in [0, 0.05) is 38.2 Å². The Morgan fingerprint density at radius 3 is 2.88 bits per heavy atom. The van der Waals surface area contributed by atoms with Crippen LogP contribution in [0.4, 0.5) is 5.13 Å². The summed E-state index contributed by atoms with van der Waals surface area (Å²) >= 11 is 1.43. The first-order valence-electron chi connectivity index (χ1n) is 8.88. The van der Waals surface area contributed by atoms with E-state index in [-0.39, 0.29) is 24.2 Å². The van der Waals surface area contributed by atoms with Crippen molar-refractivity contribution in [2.75, 3.05) is 18.0 Å². The van der Waals surface area contributed by atoms with Crippen molar-refractivity contribution >= 4 is 28.3 Å². The molecule has 0 spiro atoms. The van der Waals surface area contributed by atoms with Crippen LogP contribution in [-0.4, -0.2) is 44.7 Å². The highest BCUT2D eigenvalue weighted by Crippen LogP contribution is 2.28. The first kappa shape index (κ1) is 18.5. The molecule has 0 aromatic carbocycles. The SMILES string of the molecule is CCCc1nnc(N2CC(C(=O)NCCn3cnc(C)c3C)CC2=O)s1. The Morgan fingerprint density at radius 2 is 2.19 bits per heavy atom. The number of imidazole rings is 1. The molecule has 1 unspecified atom stereocenters. The lowest BCUT2D eigenvalue weighted by Gasteiger charge is -2.13. The first-order chi connectivity index (χ1) is 12.5. The molecule has 0 saturated carbocycles. The Bertz CT molecular complexity index is 799. The molecule has 2 amide bonds. The molecule has 1 N–H and O–H groups in total. The van der Waals surface area contributed by atoms with E-state index in [0.717, 1.165) is 29.2 Å². The van der Waals surface area contributed by atoms with Gasteiger partial charge in [0.1, 0.15) is 5.01 Å². The fourth-order valence-corrected chi connectivity index (χ4v) is 3.92. The highest BCUT2D eigenvalue weighted by molar-refractivity contribution is 7.15. The average Bonchev–Trinajstić information content (AvgIpc) is 3.30. The van der Waals surface area contributed by atoms with Crippen molar-refractivity contribution in [3.8, 4) is 0 Å². The zero-order valence-electron chi connectivity index (χ0n) is 15.4. The van der Waals surface area contributed by atoms with Gasteiger partial charge in [-0.25, -0.2) is 4.98 Å². The van der Waals surface area contributed by atoms with Gasteiger partial charge < -0.3 is 9.88 Å². The van der Waals surface area contributed by atoms with Gasteiger partial charge >= 0.3 is 0 Å². The summed E-state index contributed by atoms with van der Waals surface area (Å²) in [5, 5.41) is 12.7. The summed E-state index contributed by atoms with van der Waals surface area (Å²) in [5.74, 6) is -0.495. The molecule has 0 bridgehead atoms. The standard InChI is InChI=1S/C17H24N6O2S/c1-4-5-14-20-21-17(26-14)23-9-13(8-15(23)24)16(25)18-6-7-22-10-19-11(2)12(22)3/h10,13H,4-9H2,1-3H3,(H,18,25). The summed E-state index contributed by atoms with van der Waals surface area (Å²) in [7, 11) is 0. The second-order valence-corrected chi connectivity index (χ2v) is 7.57. The molecule has 26 heavy (non-hydrogen) atoms. The van der Waals surface area contributed by atoms with Crippen LogP contribution in [0.2, 0.25) is 0 Å². The molecule has 9 heteroatoms. The van der Waals surface area contributed by atoms with E-state index in [0.29, 0.717) is 24.8 Å². The van der Waals surface area contributed by atoms with Crippen molar-refractivity contribution in [2.45, 2.75) is 46.6 Å². The van der Waals surface area contributed by atoms with Gasteiger partial charge in [0.15, 0.2) is 0 Å². The van der Waals surface area contributed by atoms with E-state index in [1.165, 1.54) is 11.3 Å². The number of carbonyl (C=O) groups excluding carboxylic acids is 2. The molecule has 140 valence electrons. The third-order valence-electron chi connectivity index (χ3n) is 4.64. The van der Waals surface area contributed by atoms with Gasteiger partial charge in [-0.15, -0.1) is 10.2 Å². The highest BCUT2D eigenvalue weighted by atomic mass is 32.1. The van der Waals surface area contributed by atoms with Crippen molar-refractivity contribution in [2.24, 2.45) is 5.92 Å². The number of rotatable bonds is 7. The summed E-state index contributed by atoms with van der Waals surface area (Å²) in [6, 6.07) is 0. The predicted octanol–water partition coefficient (Wildman–Crippen LogP) is 1.47. The monoisotopic (exact) mass is 376 g/mol. The lowest BCUT2D eigenvalue weighted by molar-refractivity contribution is -0.126.